The number of hydrogen-bond donors (Lipinski definition) is 2. The Labute approximate surface area is 154 Å². The van der Waals surface area contributed by atoms with Gasteiger partial charge in [-0.3, -0.25) is 0 Å². The summed E-state index contributed by atoms with van der Waals surface area (Å²) in [7, 11) is 1.61. The van der Waals surface area contributed by atoms with Crippen LogP contribution >= 0.6 is 0 Å². The van der Waals surface area contributed by atoms with Gasteiger partial charge in [0.2, 0.25) is 0 Å². The molecule has 0 saturated carbocycles. The maximum absolute atomic E-state index is 13.7. The van der Waals surface area contributed by atoms with Crippen LogP contribution in [0.5, 0.6) is 11.5 Å². The highest BCUT2D eigenvalue weighted by atomic mass is 19.1. The van der Waals surface area contributed by atoms with E-state index in [9.17, 15) is 4.39 Å². The number of nitrogens with zero attached hydrogens (tertiary/aromatic N) is 1. The van der Waals surface area contributed by atoms with Gasteiger partial charge >= 0.3 is 0 Å². The van der Waals surface area contributed by atoms with Crippen LogP contribution in [0.4, 0.5) is 4.39 Å². The standard InChI is InChI=1S/C20H26FN3O2/c1-4-22-20(24-14-16-9-5-6-10-17(16)21)23-13-15(2)26-19-12-8-7-11-18(19)25-3/h5-12,15H,4,13-14H2,1-3H3,(H2,22,23,24). The van der Waals surface area contributed by atoms with Crippen LogP contribution in [-0.2, 0) is 6.54 Å². The van der Waals surface area contributed by atoms with Gasteiger partial charge < -0.3 is 20.1 Å². The summed E-state index contributed by atoms with van der Waals surface area (Å²) in [6, 6.07) is 14.2. The van der Waals surface area contributed by atoms with Crippen molar-refractivity contribution in [3.05, 3.63) is 59.9 Å². The molecule has 0 bridgehead atoms. The summed E-state index contributed by atoms with van der Waals surface area (Å²) in [5.74, 6) is 1.75. The smallest absolute Gasteiger partial charge is 0.191 e. The maximum Gasteiger partial charge on any atom is 0.191 e. The van der Waals surface area contributed by atoms with Gasteiger partial charge in [0.15, 0.2) is 17.5 Å². The molecule has 0 heterocycles. The van der Waals surface area contributed by atoms with Crippen LogP contribution < -0.4 is 20.1 Å². The molecule has 0 spiro atoms. The lowest BCUT2D eigenvalue weighted by Gasteiger charge is -2.19. The molecule has 2 aromatic rings. The number of ether oxygens (including phenoxy) is 2. The third-order valence-electron chi connectivity index (χ3n) is 3.66. The highest BCUT2D eigenvalue weighted by Gasteiger charge is 2.09. The second-order valence-corrected chi connectivity index (χ2v) is 5.75. The van der Waals surface area contributed by atoms with Crippen molar-refractivity contribution in [1.29, 1.82) is 0 Å². The number of rotatable bonds is 8. The Hall–Kier alpha value is -2.76. The monoisotopic (exact) mass is 359 g/mol. The predicted octanol–water partition coefficient (Wildman–Crippen LogP) is 3.36. The van der Waals surface area contributed by atoms with E-state index in [-0.39, 0.29) is 18.5 Å². The second-order valence-electron chi connectivity index (χ2n) is 5.75. The zero-order valence-electron chi connectivity index (χ0n) is 15.5. The van der Waals surface area contributed by atoms with Crippen LogP contribution in [0.3, 0.4) is 0 Å². The van der Waals surface area contributed by atoms with Crippen molar-refractivity contribution in [3.8, 4) is 11.5 Å². The molecule has 0 amide bonds. The van der Waals surface area contributed by atoms with E-state index in [1.165, 1.54) is 6.07 Å². The highest BCUT2D eigenvalue weighted by molar-refractivity contribution is 5.79. The van der Waals surface area contributed by atoms with Crippen LogP contribution in [-0.4, -0.2) is 32.3 Å². The summed E-state index contributed by atoms with van der Waals surface area (Å²) in [5, 5.41) is 6.37. The van der Waals surface area contributed by atoms with Gasteiger partial charge in [0.05, 0.1) is 20.2 Å². The first-order valence-corrected chi connectivity index (χ1v) is 8.69. The number of guanidine groups is 1. The van der Waals surface area contributed by atoms with E-state index in [0.29, 0.717) is 36.1 Å². The molecule has 0 fully saturated rings. The molecule has 0 saturated heterocycles. The molecule has 2 aromatic carbocycles. The average Bonchev–Trinajstić information content (AvgIpc) is 2.65. The number of aliphatic imine (C=N–C) groups is 1. The Bertz CT molecular complexity index is 722. The number of benzene rings is 2. The molecule has 1 atom stereocenters. The SMILES string of the molecule is CCNC(=NCc1ccccc1F)NCC(C)Oc1ccccc1OC. The zero-order chi connectivity index (χ0) is 18.8. The Balaban J connectivity index is 1.92. The van der Waals surface area contributed by atoms with Gasteiger partial charge in [-0.1, -0.05) is 30.3 Å². The van der Waals surface area contributed by atoms with E-state index in [1.54, 1.807) is 25.3 Å². The molecule has 0 aromatic heterocycles. The number of para-hydroxylation sites is 2. The third-order valence-corrected chi connectivity index (χ3v) is 3.66. The molecule has 140 valence electrons. The van der Waals surface area contributed by atoms with E-state index < -0.39 is 0 Å². The lowest BCUT2D eigenvalue weighted by atomic mass is 10.2. The second kappa shape index (κ2) is 10.3. The van der Waals surface area contributed by atoms with E-state index in [2.05, 4.69) is 15.6 Å². The summed E-state index contributed by atoms with van der Waals surface area (Å²) in [5.41, 5.74) is 0.558. The van der Waals surface area contributed by atoms with Crippen LogP contribution in [0.25, 0.3) is 0 Å². The maximum atomic E-state index is 13.7. The molecule has 0 aliphatic rings. The fourth-order valence-corrected chi connectivity index (χ4v) is 2.35. The summed E-state index contributed by atoms with van der Waals surface area (Å²) in [6.07, 6.45) is -0.108. The number of methoxy groups -OCH3 is 1. The van der Waals surface area contributed by atoms with Crippen LogP contribution in [0.1, 0.15) is 19.4 Å². The van der Waals surface area contributed by atoms with E-state index in [4.69, 9.17) is 9.47 Å². The molecular weight excluding hydrogens is 333 g/mol. The quantitative estimate of drug-likeness (QED) is 0.561. The van der Waals surface area contributed by atoms with Crippen LogP contribution in [0.15, 0.2) is 53.5 Å². The van der Waals surface area contributed by atoms with Crippen molar-refractivity contribution in [2.45, 2.75) is 26.5 Å². The van der Waals surface area contributed by atoms with Crippen molar-refractivity contribution in [3.63, 3.8) is 0 Å². The van der Waals surface area contributed by atoms with Gasteiger partial charge in [-0.25, -0.2) is 9.38 Å². The van der Waals surface area contributed by atoms with Crippen molar-refractivity contribution in [2.75, 3.05) is 20.2 Å². The van der Waals surface area contributed by atoms with Crippen molar-refractivity contribution in [1.82, 2.24) is 10.6 Å². The summed E-state index contributed by atoms with van der Waals surface area (Å²) < 4.78 is 24.9. The Kier molecular flexibility index (Phi) is 7.74. The largest absolute Gasteiger partial charge is 0.493 e. The van der Waals surface area contributed by atoms with Crippen molar-refractivity contribution < 1.29 is 13.9 Å². The van der Waals surface area contributed by atoms with Gasteiger partial charge in [0.1, 0.15) is 11.9 Å². The van der Waals surface area contributed by atoms with Crippen LogP contribution in [0.2, 0.25) is 0 Å². The zero-order valence-corrected chi connectivity index (χ0v) is 15.5. The van der Waals surface area contributed by atoms with Crippen molar-refractivity contribution in [2.24, 2.45) is 4.99 Å². The Morgan fingerprint density at radius 1 is 1.08 bits per heavy atom. The Morgan fingerprint density at radius 3 is 2.46 bits per heavy atom. The topological polar surface area (TPSA) is 54.9 Å². The third kappa shape index (κ3) is 5.95. The first-order chi connectivity index (χ1) is 12.6. The first-order valence-electron chi connectivity index (χ1n) is 8.69. The lowest BCUT2D eigenvalue weighted by Crippen LogP contribution is -2.41. The molecule has 2 rings (SSSR count). The van der Waals surface area contributed by atoms with E-state index in [1.807, 2.05) is 38.1 Å². The first kappa shape index (κ1) is 19.6. The average molecular weight is 359 g/mol. The summed E-state index contributed by atoms with van der Waals surface area (Å²) >= 11 is 0. The van der Waals surface area contributed by atoms with Gasteiger partial charge in [-0.2, -0.15) is 0 Å². The molecule has 2 N–H and O–H groups in total. The summed E-state index contributed by atoms with van der Waals surface area (Å²) in [6.45, 7) is 5.46. The Morgan fingerprint density at radius 2 is 1.77 bits per heavy atom. The van der Waals surface area contributed by atoms with Crippen LogP contribution in [0, 0.1) is 5.82 Å². The molecule has 6 heteroatoms. The van der Waals surface area contributed by atoms with Gasteiger partial charge in [-0.15, -0.1) is 0 Å². The fourth-order valence-electron chi connectivity index (χ4n) is 2.35. The highest BCUT2D eigenvalue weighted by Crippen LogP contribution is 2.26. The minimum absolute atomic E-state index is 0.108. The lowest BCUT2D eigenvalue weighted by molar-refractivity contribution is 0.213. The summed E-state index contributed by atoms with van der Waals surface area (Å²) in [4.78, 5) is 4.43. The number of hydrogen-bond acceptors (Lipinski definition) is 3. The molecule has 5 nitrogen and oxygen atoms in total. The number of halogens is 1. The van der Waals surface area contributed by atoms with Crippen molar-refractivity contribution >= 4 is 5.96 Å². The molecule has 0 radical (unpaired) electrons. The van der Waals surface area contributed by atoms with Gasteiger partial charge in [0, 0.05) is 12.1 Å². The van der Waals surface area contributed by atoms with Gasteiger partial charge in [-0.05, 0) is 32.0 Å². The van der Waals surface area contributed by atoms with Gasteiger partial charge in [0.25, 0.3) is 0 Å². The molecule has 0 aliphatic carbocycles. The minimum Gasteiger partial charge on any atom is -0.493 e. The number of nitrogens with one attached hydrogen (secondary N) is 2. The predicted molar refractivity (Wildman–Crippen MR) is 102 cm³/mol. The minimum atomic E-state index is -0.250. The van der Waals surface area contributed by atoms with E-state index in [0.717, 1.165) is 0 Å². The molecule has 1 unspecified atom stereocenters. The molecular formula is C20H26FN3O2. The normalized spacial score (nSPS) is 12.4. The van der Waals surface area contributed by atoms with E-state index >= 15 is 0 Å². The fraction of sp³-hybridized carbons (Fsp3) is 0.350. The molecule has 26 heavy (non-hydrogen) atoms. The molecule has 0 aliphatic heterocycles.